The van der Waals surface area contributed by atoms with Crippen molar-refractivity contribution in [2.75, 3.05) is 6.54 Å². The number of nitrogens with zero attached hydrogens (tertiary/aromatic N) is 2. The highest BCUT2D eigenvalue weighted by molar-refractivity contribution is 5.79. The van der Waals surface area contributed by atoms with Crippen LogP contribution in [0.5, 0.6) is 0 Å². The molecular weight excluding hydrogens is 319 g/mol. The number of benzene rings is 1. The van der Waals surface area contributed by atoms with Crippen molar-refractivity contribution in [3.8, 4) is 5.69 Å². The fraction of sp³-hybridized carbons (Fsp3) is 0.474. The van der Waals surface area contributed by atoms with E-state index in [1.165, 1.54) is 12.1 Å². The monoisotopic (exact) mass is 344 g/mol. The Labute approximate surface area is 147 Å². The molecule has 2 heterocycles. The molecule has 5 nitrogen and oxygen atoms in total. The predicted molar refractivity (Wildman–Crippen MR) is 95.0 cm³/mol. The van der Waals surface area contributed by atoms with E-state index in [9.17, 15) is 9.18 Å². The van der Waals surface area contributed by atoms with E-state index >= 15 is 0 Å². The van der Waals surface area contributed by atoms with Crippen molar-refractivity contribution in [3.63, 3.8) is 0 Å². The van der Waals surface area contributed by atoms with Crippen molar-refractivity contribution >= 4 is 5.91 Å². The summed E-state index contributed by atoms with van der Waals surface area (Å²) in [7, 11) is 0. The fourth-order valence-corrected chi connectivity index (χ4v) is 3.47. The van der Waals surface area contributed by atoms with Crippen LogP contribution in [0.25, 0.3) is 5.69 Å². The smallest absolute Gasteiger partial charge is 0.223 e. The number of halogens is 1. The van der Waals surface area contributed by atoms with Crippen molar-refractivity contribution < 1.29 is 9.18 Å². The number of nitrogens with one attached hydrogen (secondary N) is 2. The van der Waals surface area contributed by atoms with Gasteiger partial charge in [-0.15, -0.1) is 0 Å². The van der Waals surface area contributed by atoms with Crippen LogP contribution in [0.2, 0.25) is 0 Å². The van der Waals surface area contributed by atoms with Gasteiger partial charge in [0.05, 0.1) is 17.9 Å². The zero-order valence-electron chi connectivity index (χ0n) is 14.9. The molecule has 1 aromatic heterocycles. The Morgan fingerprint density at radius 3 is 2.80 bits per heavy atom. The van der Waals surface area contributed by atoms with Crippen molar-refractivity contribution in [1.29, 1.82) is 0 Å². The lowest BCUT2D eigenvalue weighted by Gasteiger charge is -2.28. The van der Waals surface area contributed by atoms with Gasteiger partial charge in [-0.1, -0.05) is 0 Å². The summed E-state index contributed by atoms with van der Waals surface area (Å²) in [5, 5.41) is 10.9. The molecule has 1 amide bonds. The maximum atomic E-state index is 13.1. The van der Waals surface area contributed by atoms with Crippen LogP contribution >= 0.6 is 0 Å². The summed E-state index contributed by atoms with van der Waals surface area (Å²) in [6.45, 7) is 6.93. The van der Waals surface area contributed by atoms with Gasteiger partial charge in [0, 0.05) is 23.2 Å². The number of carbonyl (C=O) groups excluding carboxylic acids is 1. The molecule has 0 bridgehead atoms. The van der Waals surface area contributed by atoms with Crippen LogP contribution in [0, 0.1) is 18.7 Å². The van der Waals surface area contributed by atoms with E-state index < -0.39 is 0 Å². The molecule has 0 spiro atoms. The van der Waals surface area contributed by atoms with Gasteiger partial charge in [0.15, 0.2) is 0 Å². The second-order valence-electron chi connectivity index (χ2n) is 6.88. The third kappa shape index (κ3) is 3.90. The summed E-state index contributed by atoms with van der Waals surface area (Å²) in [5.74, 6) is -0.105. The standard InChI is InChI=1S/C19H25FN4O/c1-12-10-15(8-9-21-12)19(25)23-13(2)18-11-22-24(14(18)3)17-6-4-16(20)5-7-17/h4-7,11-13,15,21H,8-10H2,1-3H3,(H,23,25)/t12-,13?,15-/m0/s1. The predicted octanol–water partition coefficient (Wildman–Crippen LogP) is 2.89. The van der Waals surface area contributed by atoms with Gasteiger partial charge in [-0.3, -0.25) is 4.79 Å². The van der Waals surface area contributed by atoms with E-state index in [0.717, 1.165) is 36.3 Å². The second kappa shape index (κ2) is 7.35. The van der Waals surface area contributed by atoms with E-state index in [1.807, 2.05) is 13.8 Å². The highest BCUT2D eigenvalue weighted by Gasteiger charge is 2.26. The zero-order chi connectivity index (χ0) is 18.0. The lowest BCUT2D eigenvalue weighted by atomic mass is 9.92. The van der Waals surface area contributed by atoms with Gasteiger partial charge in [-0.25, -0.2) is 9.07 Å². The molecule has 1 saturated heterocycles. The van der Waals surface area contributed by atoms with E-state index in [0.29, 0.717) is 6.04 Å². The van der Waals surface area contributed by atoms with Gasteiger partial charge < -0.3 is 10.6 Å². The summed E-state index contributed by atoms with van der Waals surface area (Å²) in [5.41, 5.74) is 2.72. The first-order valence-corrected chi connectivity index (χ1v) is 8.80. The lowest BCUT2D eigenvalue weighted by Crippen LogP contribution is -2.43. The van der Waals surface area contributed by atoms with Crippen LogP contribution in [0.4, 0.5) is 4.39 Å². The Morgan fingerprint density at radius 2 is 2.12 bits per heavy atom. The SMILES string of the molecule is Cc1c(C(C)NC(=O)[C@H]2CCN[C@@H](C)C2)cnn1-c1ccc(F)cc1. The number of amides is 1. The lowest BCUT2D eigenvalue weighted by molar-refractivity contribution is -0.126. The molecule has 6 heteroatoms. The molecule has 1 aromatic carbocycles. The largest absolute Gasteiger partial charge is 0.349 e. The highest BCUT2D eigenvalue weighted by atomic mass is 19.1. The minimum atomic E-state index is -0.273. The molecule has 3 rings (SSSR count). The number of hydrogen-bond acceptors (Lipinski definition) is 3. The van der Waals surface area contributed by atoms with E-state index in [-0.39, 0.29) is 23.7 Å². The van der Waals surface area contributed by atoms with Crippen LogP contribution in [-0.4, -0.2) is 28.3 Å². The van der Waals surface area contributed by atoms with Crippen molar-refractivity contribution in [1.82, 2.24) is 20.4 Å². The van der Waals surface area contributed by atoms with Crippen molar-refractivity contribution in [3.05, 3.63) is 47.5 Å². The average molecular weight is 344 g/mol. The van der Waals surface area contributed by atoms with Crippen molar-refractivity contribution in [2.45, 2.75) is 45.7 Å². The third-order valence-electron chi connectivity index (χ3n) is 4.94. The first-order valence-electron chi connectivity index (χ1n) is 8.80. The minimum absolute atomic E-state index is 0.0612. The molecule has 2 aromatic rings. The Hall–Kier alpha value is -2.21. The fourth-order valence-electron chi connectivity index (χ4n) is 3.47. The van der Waals surface area contributed by atoms with Gasteiger partial charge >= 0.3 is 0 Å². The first kappa shape index (κ1) is 17.6. The van der Waals surface area contributed by atoms with Gasteiger partial charge in [-0.05, 0) is 64.4 Å². The Bertz CT molecular complexity index is 740. The normalized spacial score (nSPS) is 21.8. The summed E-state index contributed by atoms with van der Waals surface area (Å²) in [6.07, 6.45) is 3.51. The summed E-state index contributed by atoms with van der Waals surface area (Å²) >= 11 is 0. The molecule has 1 aliphatic heterocycles. The van der Waals surface area contributed by atoms with Gasteiger partial charge in [-0.2, -0.15) is 5.10 Å². The molecule has 1 unspecified atom stereocenters. The quantitative estimate of drug-likeness (QED) is 0.897. The number of rotatable bonds is 4. The molecule has 2 N–H and O–H groups in total. The van der Waals surface area contributed by atoms with Crippen LogP contribution in [0.1, 0.15) is 44.0 Å². The Morgan fingerprint density at radius 1 is 1.40 bits per heavy atom. The van der Waals surface area contributed by atoms with Crippen LogP contribution in [0.15, 0.2) is 30.5 Å². The summed E-state index contributed by atoms with van der Waals surface area (Å²) in [6, 6.07) is 6.48. The first-order chi connectivity index (χ1) is 12.0. The number of aromatic nitrogens is 2. The second-order valence-corrected chi connectivity index (χ2v) is 6.88. The molecule has 0 radical (unpaired) electrons. The number of hydrogen-bond donors (Lipinski definition) is 2. The molecule has 3 atom stereocenters. The Balaban J connectivity index is 1.71. The molecule has 0 aliphatic carbocycles. The number of carbonyl (C=O) groups is 1. The molecule has 25 heavy (non-hydrogen) atoms. The van der Waals surface area contributed by atoms with E-state index in [2.05, 4.69) is 22.7 Å². The summed E-state index contributed by atoms with van der Waals surface area (Å²) < 4.78 is 14.9. The van der Waals surface area contributed by atoms with Gasteiger partial charge in [0.2, 0.25) is 5.91 Å². The maximum absolute atomic E-state index is 13.1. The minimum Gasteiger partial charge on any atom is -0.349 e. The molecule has 1 aliphatic rings. The summed E-state index contributed by atoms with van der Waals surface area (Å²) in [4.78, 5) is 12.5. The van der Waals surface area contributed by atoms with Crippen LogP contribution in [-0.2, 0) is 4.79 Å². The molecular formula is C19H25FN4O. The van der Waals surface area contributed by atoms with Crippen molar-refractivity contribution in [2.24, 2.45) is 5.92 Å². The molecule has 0 saturated carbocycles. The topological polar surface area (TPSA) is 59.0 Å². The van der Waals surface area contributed by atoms with Crippen LogP contribution in [0.3, 0.4) is 0 Å². The number of piperidine rings is 1. The highest BCUT2D eigenvalue weighted by Crippen LogP contribution is 2.22. The Kier molecular flexibility index (Phi) is 5.18. The molecule has 1 fully saturated rings. The van der Waals surface area contributed by atoms with Gasteiger partial charge in [0.25, 0.3) is 0 Å². The van der Waals surface area contributed by atoms with E-state index in [4.69, 9.17) is 0 Å². The van der Waals surface area contributed by atoms with Gasteiger partial charge in [0.1, 0.15) is 5.82 Å². The van der Waals surface area contributed by atoms with E-state index in [1.54, 1.807) is 23.0 Å². The zero-order valence-corrected chi connectivity index (χ0v) is 14.9. The van der Waals surface area contributed by atoms with Crippen LogP contribution < -0.4 is 10.6 Å². The third-order valence-corrected chi connectivity index (χ3v) is 4.94. The average Bonchev–Trinajstić information content (AvgIpc) is 2.97. The maximum Gasteiger partial charge on any atom is 0.223 e. The molecule has 134 valence electrons.